The lowest BCUT2D eigenvalue weighted by Gasteiger charge is -2.41. The second kappa shape index (κ2) is 17.2. The van der Waals surface area contributed by atoms with Gasteiger partial charge in [-0.1, -0.05) is 217 Å². The van der Waals surface area contributed by atoms with Crippen molar-refractivity contribution in [3.8, 4) is 39.4 Å². The largest absolute Gasteiger partial charge is 0.457 e. The van der Waals surface area contributed by atoms with E-state index in [-0.39, 0.29) is 10.8 Å². The molecule has 2 heterocycles. The number of hydrogen-bond acceptors (Lipinski definition) is 2. The van der Waals surface area contributed by atoms with Gasteiger partial charge in [0.1, 0.15) is 11.5 Å². The summed E-state index contributed by atoms with van der Waals surface area (Å²) in [5.41, 5.74) is 22.6. The molecule has 3 heteroatoms. The fourth-order valence-corrected chi connectivity index (χ4v) is 14.0. The van der Waals surface area contributed by atoms with Crippen molar-refractivity contribution < 1.29 is 4.74 Å². The molecule has 2 aliphatic carbocycles. The molecule has 11 aromatic carbocycles. The fourth-order valence-electron chi connectivity index (χ4n) is 14.0. The number of hydrogen-bond donors (Lipinski definition) is 0. The number of nitrogens with zero attached hydrogens (tertiary/aromatic N) is 2. The van der Waals surface area contributed by atoms with Crippen LogP contribution >= 0.6 is 0 Å². The van der Waals surface area contributed by atoms with Gasteiger partial charge in [-0.15, -0.1) is 0 Å². The van der Waals surface area contributed by atoms with E-state index in [1.807, 2.05) is 0 Å². The van der Waals surface area contributed by atoms with Crippen molar-refractivity contribution in [2.45, 2.75) is 63.2 Å². The van der Waals surface area contributed by atoms with Crippen molar-refractivity contribution in [3.63, 3.8) is 0 Å². The minimum Gasteiger partial charge on any atom is -0.457 e. The highest BCUT2D eigenvalue weighted by molar-refractivity contribution is 6.09. The van der Waals surface area contributed by atoms with E-state index < -0.39 is 10.8 Å². The number of benzene rings is 11. The molecule has 0 radical (unpaired) electrons. The first-order valence-electron chi connectivity index (χ1n) is 27.9. The molecule has 0 bridgehead atoms. The predicted molar refractivity (Wildman–Crippen MR) is 328 cm³/mol. The molecule has 0 amide bonds. The molecule has 79 heavy (non-hydrogen) atoms. The molecule has 3 nitrogen and oxygen atoms in total. The van der Waals surface area contributed by atoms with E-state index in [9.17, 15) is 0 Å². The third kappa shape index (κ3) is 6.78. The van der Waals surface area contributed by atoms with Crippen LogP contribution in [0.1, 0.15) is 97.2 Å². The van der Waals surface area contributed by atoms with Crippen LogP contribution in [0.5, 0.6) is 11.5 Å². The van der Waals surface area contributed by atoms with Crippen LogP contribution in [0.15, 0.2) is 255 Å². The Morgan fingerprint density at radius 2 is 0.759 bits per heavy atom. The molecule has 0 fully saturated rings. The number of ether oxygens (including phenoxy) is 1. The number of fused-ring (bicyclic) bond motifs is 15. The minimum atomic E-state index is -0.709. The van der Waals surface area contributed by atoms with Gasteiger partial charge in [-0.25, -0.2) is 0 Å². The molecule has 1 aliphatic heterocycles. The van der Waals surface area contributed by atoms with Gasteiger partial charge in [-0.05, 0) is 156 Å². The average molecular weight is 1020 g/mol. The van der Waals surface area contributed by atoms with Crippen molar-refractivity contribution in [1.82, 2.24) is 4.57 Å². The highest BCUT2D eigenvalue weighted by Gasteiger charge is 2.52. The molecule has 0 atom stereocenters. The minimum absolute atomic E-state index is 0.104. The van der Waals surface area contributed by atoms with E-state index >= 15 is 0 Å². The van der Waals surface area contributed by atoms with E-state index in [1.54, 1.807) is 0 Å². The Balaban J connectivity index is 1.04. The van der Waals surface area contributed by atoms with Gasteiger partial charge >= 0.3 is 0 Å². The van der Waals surface area contributed by atoms with Gasteiger partial charge in [0.05, 0.1) is 21.9 Å². The molecule has 0 N–H and O–H groups in total. The summed E-state index contributed by atoms with van der Waals surface area (Å²) in [5, 5.41) is 2.47. The SMILES string of the molecule is CC(C)(C)c1ccc2c(c1)C1(c3cc(C(C)(C)C)ccc3O2)c2ccccc2-c2ccc(N(c3cccc(-n4c5ccccc5c5ccccc54)c3)c3ccc4c(c3)C(c3ccccc3)(c3ccccc3)c3ccccc3-4)cc21. The van der Waals surface area contributed by atoms with Crippen LogP contribution in [-0.2, 0) is 21.7 Å². The zero-order valence-electron chi connectivity index (χ0n) is 45.6. The van der Waals surface area contributed by atoms with E-state index in [2.05, 4.69) is 306 Å². The van der Waals surface area contributed by atoms with E-state index in [4.69, 9.17) is 4.74 Å². The van der Waals surface area contributed by atoms with Gasteiger partial charge < -0.3 is 14.2 Å². The zero-order valence-corrected chi connectivity index (χ0v) is 45.6. The Hall–Kier alpha value is -9.18. The van der Waals surface area contributed by atoms with Crippen molar-refractivity contribution in [3.05, 3.63) is 310 Å². The Morgan fingerprint density at radius 1 is 0.329 bits per heavy atom. The van der Waals surface area contributed by atoms with Crippen molar-refractivity contribution in [2.24, 2.45) is 0 Å². The molecule has 3 aliphatic rings. The monoisotopic (exact) mass is 1020 g/mol. The fraction of sp³-hybridized carbons (Fsp3) is 0.132. The third-order valence-electron chi connectivity index (χ3n) is 17.6. The summed E-state index contributed by atoms with van der Waals surface area (Å²) >= 11 is 0. The lowest BCUT2D eigenvalue weighted by molar-refractivity contribution is 0.433. The Bertz CT molecular complexity index is 4280. The molecule has 380 valence electrons. The van der Waals surface area contributed by atoms with E-state index in [0.29, 0.717) is 0 Å². The normalized spacial score (nSPS) is 14.3. The third-order valence-corrected chi connectivity index (χ3v) is 17.6. The van der Waals surface area contributed by atoms with Crippen molar-refractivity contribution >= 4 is 38.9 Å². The first-order valence-corrected chi connectivity index (χ1v) is 27.9. The van der Waals surface area contributed by atoms with Crippen LogP contribution in [0, 0.1) is 0 Å². The quantitative estimate of drug-likeness (QED) is 0.165. The highest BCUT2D eigenvalue weighted by atomic mass is 16.5. The molecule has 0 saturated heterocycles. The topological polar surface area (TPSA) is 17.4 Å². The lowest BCUT2D eigenvalue weighted by Crippen LogP contribution is -2.33. The van der Waals surface area contributed by atoms with Gasteiger partial charge in [0.15, 0.2) is 0 Å². The zero-order chi connectivity index (χ0) is 53.4. The second-order valence-electron chi connectivity index (χ2n) is 24.0. The smallest absolute Gasteiger partial charge is 0.132 e. The second-order valence-corrected chi connectivity index (χ2v) is 24.0. The summed E-state index contributed by atoms with van der Waals surface area (Å²) in [5.74, 6) is 1.79. The maximum Gasteiger partial charge on any atom is 0.132 e. The molecular formula is C76H60N2O. The van der Waals surface area contributed by atoms with E-state index in [0.717, 1.165) is 34.2 Å². The molecule has 0 unspecified atom stereocenters. The Labute approximate surface area is 463 Å². The Kier molecular flexibility index (Phi) is 10.2. The summed E-state index contributed by atoms with van der Waals surface area (Å²) in [7, 11) is 0. The maximum absolute atomic E-state index is 7.10. The van der Waals surface area contributed by atoms with Crippen molar-refractivity contribution in [2.75, 3.05) is 4.90 Å². The number of anilines is 3. The lowest BCUT2D eigenvalue weighted by atomic mass is 9.64. The summed E-state index contributed by atoms with van der Waals surface area (Å²) in [6, 6.07) is 95.7. The molecule has 0 saturated carbocycles. The molecule has 1 spiro atoms. The predicted octanol–water partition coefficient (Wildman–Crippen LogP) is 19.7. The van der Waals surface area contributed by atoms with Crippen LogP contribution in [0.3, 0.4) is 0 Å². The van der Waals surface area contributed by atoms with Crippen LogP contribution in [0.2, 0.25) is 0 Å². The summed E-state index contributed by atoms with van der Waals surface area (Å²) in [4.78, 5) is 2.52. The highest BCUT2D eigenvalue weighted by Crippen LogP contribution is 2.64. The van der Waals surface area contributed by atoms with Crippen molar-refractivity contribution in [1.29, 1.82) is 0 Å². The van der Waals surface area contributed by atoms with Gasteiger partial charge in [0, 0.05) is 44.6 Å². The maximum atomic E-state index is 7.10. The van der Waals surface area contributed by atoms with Crippen LogP contribution < -0.4 is 9.64 Å². The Morgan fingerprint density at radius 3 is 1.28 bits per heavy atom. The van der Waals surface area contributed by atoms with E-state index in [1.165, 1.54) is 99.7 Å². The number of para-hydroxylation sites is 2. The number of aromatic nitrogens is 1. The molecular weight excluding hydrogens is 957 g/mol. The molecule has 12 aromatic rings. The van der Waals surface area contributed by atoms with Crippen LogP contribution in [-0.4, -0.2) is 4.57 Å². The number of rotatable bonds is 6. The summed E-state index contributed by atoms with van der Waals surface area (Å²) < 4.78 is 9.54. The summed E-state index contributed by atoms with van der Waals surface area (Å²) in [6.07, 6.45) is 0. The summed E-state index contributed by atoms with van der Waals surface area (Å²) in [6.45, 7) is 13.9. The molecule has 15 rings (SSSR count). The van der Waals surface area contributed by atoms with Gasteiger partial charge in [-0.2, -0.15) is 0 Å². The average Bonchev–Trinajstić information content (AvgIpc) is 3.01. The van der Waals surface area contributed by atoms with Gasteiger partial charge in [0.25, 0.3) is 0 Å². The standard InChI is InChI=1S/C76H60N2O/c1-73(2,3)51-36-42-71-67(44-51)76(68-45-52(74(4,5)6)37-43-72(68)79-71)64-33-18-14-29-58(64)60-41-39-56(48-66(60)76)77(53-26-21-27-54(46-53)78-69-34-19-15-30-61(69)62-31-16-20-35-70(62)78)55-38-40-59-57-28-13-17-32-63(57)75(65(59)47-55,49-22-9-7-10-23-49)50-24-11-8-12-25-50/h7-48H,1-6H3. The molecule has 1 aromatic heterocycles. The van der Waals surface area contributed by atoms with Crippen LogP contribution in [0.25, 0.3) is 49.7 Å². The first kappa shape index (κ1) is 47.1. The first-order chi connectivity index (χ1) is 38.4. The van der Waals surface area contributed by atoms with Gasteiger partial charge in [0.2, 0.25) is 0 Å². The van der Waals surface area contributed by atoms with Gasteiger partial charge in [-0.3, -0.25) is 0 Å². The van der Waals surface area contributed by atoms with Crippen LogP contribution in [0.4, 0.5) is 17.1 Å².